The van der Waals surface area contributed by atoms with Gasteiger partial charge in [0, 0.05) is 44.1 Å². The van der Waals surface area contributed by atoms with Gasteiger partial charge >= 0.3 is 0 Å². The predicted molar refractivity (Wildman–Crippen MR) is 109 cm³/mol. The molecule has 0 aliphatic carbocycles. The van der Waals surface area contributed by atoms with Crippen molar-refractivity contribution in [3.8, 4) is 11.3 Å². The number of benzene rings is 2. The number of nitrogens with zero attached hydrogens (tertiary/aromatic N) is 5. The van der Waals surface area contributed by atoms with Crippen molar-refractivity contribution in [1.82, 2.24) is 14.6 Å². The van der Waals surface area contributed by atoms with Crippen molar-refractivity contribution >= 4 is 17.0 Å². The van der Waals surface area contributed by atoms with E-state index in [4.69, 9.17) is 5.10 Å². The Bertz CT molecular complexity index is 1100. The molecular formula is C22H20FN5. The molecule has 1 aliphatic rings. The Hall–Kier alpha value is -3.41. The third-order valence-electron chi connectivity index (χ3n) is 5.21. The van der Waals surface area contributed by atoms with E-state index < -0.39 is 0 Å². The monoisotopic (exact) mass is 373 g/mol. The Kier molecular flexibility index (Phi) is 4.16. The summed E-state index contributed by atoms with van der Waals surface area (Å²) in [5, 5.41) is 4.70. The topological polar surface area (TPSA) is 36.7 Å². The van der Waals surface area contributed by atoms with Gasteiger partial charge in [-0.25, -0.2) is 13.9 Å². The molecule has 3 heterocycles. The van der Waals surface area contributed by atoms with Gasteiger partial charge in [-0.05, 0) is 18.2 Å². The highest BCUT2D eigenvalue weighted by Crippen LogP contribution is 2.27. The fourth-order valence-corrected chi connectivity index (χ4v) is 3.77. The number of fused-ring (bicyclic) bond motifs is 1. The maximum absolute atomic E-state index is 14.1. The Morgan fingerprint density at radius 2 is 1.54 bits per heavy atom. The van der Waals surface area contributed by atoms with Crippen LogP contribution in [0, 0.1) is 5.82 Å². The zero-order valence-corrected chi connectivity index (χ0v) is 15.4. The summed E-state index contributed by atoms with van der Waals surface area (Å²) in [5.41, 5.74) is 3.67. The highest BCUT2D eigenvalue weighted by atomic mass is 19.1. The van der Waals surface area contributed by atoms with Crippen LogP contribution in [0.4, 0.5) is 15.9 Å². The largest absolute Gasteiger partial charge is 0.366 e. The Balaban J connectivity index is 1.41. The van der Waals surface area contributed by atoms with Gasteiger partial charge < -0.3 is 9.80 Å². The third kappa shape index (κ3) is 2.97. The van der Waals surface area contributed by atoms with Crippen LogP contribution in [-0.4, -0.2) is 40.8 Å². The summed E-state index contributed by atoms with van der Waals surface area (Å²) in [6, 6.07) is 19.2. The quantitative estimate of drug-likeness (QED) is 0.546. The Morgan fingerprint density at radius 3 is 2.32 bits per heavy atom. The fourth-order valence-electron chi connectivity index (χ4n) is 3.77. The van der Waals surface area contributed by atoms with Crippen LogP contribution in [0.3, 0.4) is 0 Å². The molecule has 28 heavy (non-hydrogen) atoms. The van der Waals surface area contributed by atoms with Gasteiger partial charge in [0.2, 0.25) is 0 Å². The molecule has 0 N–H and O–H groups in total. The first-order valence-electron chi connectivity index (χ1n) is 9.44. The van der Waals surface area contributed by atoms with Crippen LogP contribution in [0.1, 0.15) is 0 Å². The fraction of sp³-hybridized carbons (Fsp3) is 0.182. The lowest BCUT2D eigenvalue weighted by molar-refractivity contribution is 0.596. The molecule has 0 spiro atoms. The second kappa shape index (κ2) is 6.96. The molecule has 5 nitrogen and oxygen atoms in total. The lowest BCUT2D eigenvalue weighted by atomic mass is 10.1. The van der Waals surface area contributed by atoms with Crippen LogP contribution in [0.15, 0.2) is 73.1 Å². The van der Waals surface area contributed by atoms with Crippen molar-refractivity contribution in [3.63, 3.8) is 0 Å². The highest BCUT2D eigenvalue weighted by molar-refractivity contribution is 5.75. The van der Waals surface area contributed by atoms with Crippen molar-refractivity contribution in [3.05, 3.63) is 78.9 Å². The van der Waals surface area contributed by atoms with E-state index in [1.54, 1.807) is 12.3 Å². The van der Waals surface area contributed by atoms with Crippen LogP contribution in [0.25, 0.3) is 16.8 Å². The van der Waals surface area contributed by atoms with Gasteiger partial charge in [-0.1, -0.05) is 42.5 Å². The van der Waals surface area contributed by atoms with Gasteiger partial charge in [0.05, 0.1) is 11.4 Å². The summed E-state index contributed by atoms with van der Waals surface area (Å²) < 4.78 is 16.0. The zero-order chi connectivity index (χ0) is 18.9. The molecule has 6 heteroatoms. The minimum absolute atomic E-state index is 0.167. The molecule has 0 unspecified atom stereocenters. The molecule has 0 saturated carbocycles. The summed E-state index contributed by atoms with van der Waals surface area (Å²) in [7, 11) is 0. The van der Waals surface area contributed by atoms with Crippen molar-refractivity contribution in [2.24, 2.45) is 0 Å². The number of piperazine rings is 1. The molecule has 140 valence electrons. The number of para-hydroxylation sites is 1. The minimum atomic E-state index is -0.167. The smallest absolute Gasteiger partial charge is 0.154 e. The summed E-state index contributed by atoms with van der Waals surface area (Å²) >= 11 is 0. The van der Waals surface area contributed by atoms with Crippen LogP contribution in [0.2, 0.25) is 0 Å². The van der Waals surface area contributed by atoms with Gasteiger partial charge in [0.15, 0.2) is 5.82 Å². The molecule has 2 aromatic heterocycles. The summed E-state index contributed by atoms with van der Waals surface area (Å²) in [6.07, 6.45) is 3.66. The average Bonchev–Trinajstić information content (AvgIpc) is 3.19. The SMILES string of the molecule is Fc1ccccc1N1CCN(c2nccn3nc(-c4ccccc4)cc23)CC1. The molecule has 5 rings (SSSR count). The van der Waals surface area contributed by atoms with Crippen LogP contribution < -0.4 is 9.80 Å². The number of aromatic nitrogens is 3. The van der Waals surface area contributed by atoms with Crippen molar-refractivity contribution in [2.75, 3.05) is 36.0 Å². The second-order valence-corrected chi connectivity index (χ2v) is 6.90. The second-order valence-electron chi connectivity index (χ2n) is 6.90. The lowest BCUT2D eigenvalue weighted by Gasteiger charge is -2.36. The van der Waals surface area contributed by atoms with E-state index in [9.17, 15) is 4.39 Å². The zero-order valence-electron chi connectivity index (χ0n) is 15.4. The van der Waals surface area contributed by atoms with Gasteiger partial charge in [0.1, 0.15) is 11.3 Å². The summed E-state index contributed by atoms with van der Waals surface area (Å²) in [6.45, 7) is 3.08. The van der Waals surface area contributed by atoms with Crippen molar-refractivity contribution in [2.45, 2.75) is 0 Å². The number of hydrogen-bond donors (Lipinski definition) is 0. The molecule has 4 aromatic rings. The van der Waals surface area contributed by atoms with Gasteiger partial charge in [-0.3, -0.25) is 0 Å². The first kappa shape index (κ1) is 16.7. The molecule has 0 atom stereocenters. The molecule has 1 aliphatic heterocycles. The number of hydrogen-bond acceptors (Lipinski definition) is 4. The Labute approximate surface area is 162 Å². The van der Waals surface area contributed by atoms with Gasteiger partial charge in [-0.15, -0.1) is 0 Å². The van der Waals surface area contributed by atoms with E-state index in [0.717, 1.165) is 48.8 Å². The maximum atomic E-state index is 14.1. The number of anilines is 2. The van der Waals surface area contributed by atoms with E-state index in [1.165, 1.54) is 6.07 Å². The average molecular weight is 373 g/mol. The number of rotatable bonds is 3. The third-order valence-corrected chi connectivity index (χ3v) is 5.21. The van der Waals surface area contributed by atoms with Crippen molar-refractivity contribution < 1.29 is 4.39 Å². The molecule has 0 bridgehead atoms. The molecule has 0 amide bonds. The molecule has 0 radical (unpaired) electrons. The first-order valence-corrected chi connectivity index (χ1v) is 9.44. The van der Waals surface area contributed by atoms with Gasteiger partial charge in [-0.2, -0.15) is 5.10 Å². The number of halogens is 1. The minimum Gasteiger partial charge on any atom is -0.366 e. The molecule has 1 saturated heterocycles. The van der Waals surface area contributed by atoms with E-state index in [2.05, 4.69) is 33.0 Å². The Morgan fingerprint density at radius 1 is 0.821 bits per heavy atom. The van der Waals surface area contributed by atoms with E-state index in [0.29, 0.717) is 5.69 Å². The van der Waals surface area contributed by atoms with Crippen LogP contribution in [-0.2, 0) is 0 Å². The van der Waals surface area contributed by atoms with E-state index in [-0.39, 0.29) is 5.82 Å². The van der Waals surface area contributed by atoms with Crippen molar-refractivity contribution in [1.29, 1.82) is 0 Å². The molecular weight excluding hydrogens is 353 g/mol. The van der Waals surface area contributed by atoms with Gasteiger partial charge in [0.25, 0.3) is 0 Å². The standard InChI is InChI=1S/C22H20FN5/c23-18-8-4-5-9-20(18)26-12-14-27(15-13-26)22-21-16-19(17-6-2-1-3-7-17)25-28(21)11-10-24-22/h1-11,16H,12-15H2. The predicted octanol–water partition coefficient (Wildman–Crippen LogP) is 3.86. The normalized spacial score (nSPS) is 14.6. The highest BCUT2D eigenvalue weighted by Gasteiger charge is 2.22. The van der Waals surface area contributed by atoms with E-state index in [1.807, 2.05) is 41.0 Å². The van der Waals surface area contributed by atoms with Crippen LogP contribution in [0.5, 0.6) is 0 Å². The molecule has 2 aromatic carbocycles. The van der Waals surface area contributed by atoms with E-state index >= 15 is 0 Å². The lowest BCUT2D eigenvalue weighted by Crippen LogP contribution is -2.47. The summed E-state index contributed by atoms with van der Waals surface area (Å²) in [5.74, 6) is 0.754. The summed E-state index contributed by atoms with van der Waals surface area (Å²) in [4.78, 5) is 8.97. The van der Waals surface area contributed by atoms with Crippen LogP contribution >= 0.6 is 0 Å². The first-order chi connectivity index (χ1) is 13.8. The maximum Gasteiger partial charge on any atom is 0.154 e. The molecule has 1 fully saturated rings.